The predicted molar refractivity (Wildman–Crippen MR) is 134 cm³/mol. The number of hydrogen-bond acceptors (Lipinski definition) is 1. The monoisotopic (exact) mass is 435 g/mol. The smallest absolute Gasteiger partial charge is 0.318 e. The summed E-state index contributed by atoms with van der Waals surface area (Å²) in [7, 11) is 0. The maximum absolute atomic E-state index is 13.7. The second kappa shape index (κ2) is 8.62. The first-order valence-corrected chi connectivity index (χ1v) is 11.5. The summed E-state index contributed by atoms with van der Waals surface area (Å²) in [5.41, 5.74) is 7.68. The molecular formula is C29H29N3O. The largest absolute Gasteiger partial charge is 0.322 e. The van der Waals surface area contributed by atoms with Crippen molar-refractivity contribution in [3.05, 3.63) is 119 Å². The molecule has 1 aliphatic rings. The zero-order valence-corrected chi connectivity index (χ0v) is 19.3. The van der Waals surface area contributed by atoms with Crippen molar-refractivity contribution in [2.75, 3.05) is 5.32 Å². The number of fused-ring (bicyclic) bond motifs is 3. The summed E-state index contributed by atoms with van der Waals surface area (Å²) in [5, 5.41) is 3.13. The molecule has 1 aliphatic heterocycles. The number of nitrogens with zero attached hydrogens (tertiary/aromatic N) is 2. The molecule has 166 valence electrons. The van der Waals surface area contributed by atoms with Crippen LogP contribution in [0.4, 0.5) is 10.5 Å². The van der Waals surface area contributed by atoms with E-state index in [2.05, 4.69) is 84.5 Å². The highest BCUT2D eigenvalue weighted by Gasteiger charge is 2.33. The second-order valence-electron chi connectivity index (χ2n) is 9.08. The molecule has 0 unspecified atom stereocenters. The Bertz CT molecular complexity index is 1270. The molecule has 4 aromatic rings. The fourth-order valence-electron chi connectivity index (χ4n) is 4.59. The van der Waals surface area contributed by atoms with E-state index in [9.17, 15) is 4.79 Å². The van der Waals surface area contributed by atoms with Crippen LogP contribution < -0.4 is 5.32 Å². The van der Waals surface area contributed by atoms with Crippen molar-refractivity contribution in [1.82, 2.24) is 9.47 Å². The Morgan fingerprint density at radius 1 is 0.909 bits per heavy atom. The maximum atomic E-state index is 13.7. The second-order valence-corrected chi connectivity index (χ2v) is 9.08. The van der Waals surface area contributed by atoms with E-state index in [-0.39, 0.29) is 12.1 Å². The number of aromatic nitrogens is 1. The fourth-order valence-corrected chi connectivity index (χ4v) is 4.59. The van der Waals surface area contributed by atoms with Gasteiger partial charge in [-0.3, -0.25) is 0 Å². The van der Waals surface area contributed by atoms with Gasteiger partial charge in [-0.2, -0.15) is 0 Å². The van der Waals surface area contributed by atoms with Crippen LogP contribution in [0.25, 0.3) is 5.69 Å². The molecule has 0 bridgehead atoms. The van der Waals surface area contributed by atoms with Crippen LogP contribution >= 0.6 is 0 Å². The summed E-state index contributed by atoms with van der Waals surface area (Å²) in [4.78, 5) is 15.7. The third-order valence-corrected chi connectivity index (χ3v) is 6.45. The van der Waals surface area contributed by atoms with Gasteiger partial charge in [0.05, 0.1) is 18.3 Å². The van der Waals surface area contributed by atoms with Crippen LogP contribution in [-0.4, -0.2) is 15.5 Å². The van der Waals surface area contributed by atoms with E-state index in [4.69, 9.17) is 0 Å². The molecule has 0 saturated heterocycles. The Morgan fingerprint density at radius 3 is 2.36 bits per heavy atom. The Morgan fingerprint density at radius 2 is 1.64 bits per heavy atom. The van der Waals surface area contributed by atoms with Crippen molar-refractivity contribution in [3.63, 3.8) is 0 Å². The number of carbonyl (C=O) groups excluding carboxylic acids is 1. The van der Waals surface area contributed by atoms with Gasteiger partial charge < -0.3 is 14.8 Å². The van der Waals surface area contributed by atoms with Gasteiger partial charge in [-0.25, -0.2) is 4.79 Å². The van der Waals surface area contributed by atoms with Crippen LogP contribution in [-0.2, 0) is 6.54 Å². The standard InChI is InChI=1S/C29H29N3O/c1-20(2)22-12-14-23(15-13-22)28-27-9-6-18-31(27)26-8-5-4-7-24(26)19-32(28)29(33)30-25-16-10-21(3)11-17-25/h4-18,20,28H,19H2,1-3H3,(H,30,33)/t28-/m1/s1. The Kier molecular flexibility index (Phi) is 5.51. The Balaban J connectivity index is 1.61. The average molecular weight is 436 g/mol. The number of urea groups is 1. The third-order valence-electron chi connectivity index (χ3n) is 6.45. The number of nitrogens with one attached hydrogen (secondary N) is 1. The van der Waals surface area contributed by atoms with Crippen LogP contribution in [0.3, 0.4) is 0 Å². The minimum absolute atomic E-state index is 0.110. The van der Waals surface area contributed by atoms with E-state index in [1.807, 2.05) is 42.2 Å². The molecular weight excluding hydrogens is 406 g/mol. The van der Waals surface area contributed by atoms with Gasteiger partial charge in [-0.05, 0) is 59.9 Å². The lowest BCUT2D eigenvalue weighted by molar-refractivity contribution is 0.194. The molecule has 0 radical (unpaired) electrons. The minimum Gasteiger partial charge on any atom is -0.318 e. The zero-order valence-electron chi connectivity index (χ0n) is 19.3. The van der Waals surface area contributed by atoms with Gasteiger partial charge >= 0.3 is 6.03 Å². The lowest BCUT2D eigenvalue weighted by Gasteiger charge is -2.31. The van der Waals surface area contributed by atoms with Crippen LogP contribution in [0.5, 0.6) is 0 Å². The van der Waals surface area contributed by atoms with E-state index in [0.717, 1.165) is 33.8 Å². The summed E-state index contributed by atoms with van der Waals surface area (Å²) in [6, 6.07) is 28.8. The predicted octanol–water partition coefficient (Wildman–Crippen LogP) is 7.05. The fraction of sp³-hybridized carbons (Fsp3) is 0.207. The third kappa shape index (κ3) is 4.05. The van der Waals surface area contributed by atoms with Crippen LogP contribution in [0, 0.1) is 6.92 Å². The molecule has 0 fully saturated rings. The summed E-state index contributed by atoms with van der Waals surface area (Å²) >= 11 is 0. The van der Waals surface area contributed by atoms with Gasteiger partial charge in [0.15, 0.2) is 0 Å². The van der Waals surface area contributed by atoms with Gasteiger partial charge in [-0.1, -0.05) is 74.0 Å². The van der Waals surface area contributed by atoms with Gasteiger partial charge in [0.25, 0.3) is 0 Å². The minimum atomic E-state index is -0.209. The van der Waals surface area contributed by atoms with E-state index in [0.29, 0.717) is 12.5 Å². The molecule has 4 nitrogen and oxygen atoms in total. The van der Waals surface area contributed by atoms with Crippen LogP contribution in [0.1, 0.15) is 53.8 Å². The summed E-state index contributed by atoms with van der Waals surface area (Å²) < 4.78 is 2.22. The number of amides is 2. The first kappa shape index (κ1) is 21.1. The lowest BCUT2D eigenvalue weighted by Crippen LogP contribution is -2.37. The van der Waals surface area contributed by atoms with E-state index in [1.165, 1.54) is 5.56 Å². The first-order chi connectivity index (χ1) is 16.0. The number of para-hydroxylation sites is 1. The normalized spacial score (nSPS) is 15.0. The average Bonchev–Trinajstić information content (AvgIpc) is 3.25. The molecule has 0 spiro atoms. The number of benzene rings is 3. The quantitative estimate of drug-likeness (QED) is 0.368. The molecule has 4 heteroatoms. The van der Waals surface area contributed by atoms with Crippen molar-refractivity contribution in [1.29, 1.82) is 0 Å². The van der Waals surface area contributed by atoms with Crippen molar-refractivity contribution in [2.45, 2.75) is 39.3 Å². The highest BCUT2D eigenvalue weighted by atomic mass is 16.2. The zero-order chi connectivity index (χ0) is 22.9. The summed E-state index contributed by atoms with van der Waals surface area (Å²) in [6.45, 7) is 6.96. The van der Waals surface area contributed by atoms with Crippen LogP contribution in [0.2, 0.25) is 0 Å². The molecule has 1 atom stereocenters. The van der Waals surface area contributed by atoms with Gasteiger partial charge in [-0.15, -0.1) is 0 Å². The Hall–Kier alpha value is -3.79. The Labute approximate surface area is 195 Å². The van der Waals surface area contributed by atoms with Crippen molar-refractivity contribution in [3.8, 4) is 5.69 Å². The highest BCUT2D eigenvalue weighted by molar-refractivity contribution is 5.90. The summed E-state index contributed by atoms with van der Waals surface area (Å²) in [5.74, 6) is 0.460. The lowest BCUT2D eigenvalue weighted by atomic mass is 9.97. The first-order valence-electron chi connectivity index (χ1n) is 11.5. The van der Waals surface area contributed by atoms with Gasteiger partial charge in [0.2, 0.25) is 0 Å². The maximum Gasteiger partial charge on any atom is 0.322 e. The van der Waals surface area contributed by atoms with E-state index < -0.39 is 0 Å². The van der Waals surface area contributed by atoms with Crippen molar-refractivity contribution in [2.24, 2.45) is 0 Å². The summed E-state index contributed by atoms with van der Waals surface area (Å²) in [6.07, 6.45) is 2.09. The molecule has 1 N–H and O–H groups in total. The number of hydrogen-bond donors (Lipinski definition) is 1. The number of rotatable bonds is 3. The van der Waals surface area contributed by atoms with E-state index in [1.54, 1.807) is 0 Å². The van der Waals surface area contributed by atoms with Crippen molar-refractivity contribution >= 4 is 11.7 Å². The molecule has 5 rings (SSSR count). The highest BCUT2D eigenvalue weighted by Crippen LogP contribution is 2.37. The molecule has 2 heterocycles. The van der Waals surface area contributed by atoms with Crippen molar-refractivity contribution < 1.29 is 4.79 Å². The SMILES string of the molecule is Cc1ccc(NC(=O)N2Cc3ccccc3-n3cccc3[C@H]2c2ccc(C(C)C)cc2)cc1. The molecule has 3 aromatic carbocycles. The van der Waals surface area contributed by atoms with Gasteiger partial charge in [0.1, 0.15) is 0 Å². The molecule has 2 amide bonds. The molecule has 0 aliphatic carbocycles. The van der Waals surface area contributed by atoms with Gasteiger partial charge in [0, 0.05) is 17.6 Å². The topological polar surface area (TPSA) is 37.3 Å². The van der Waals surface area contributed by atoms with Crippen LogP contribution in [0.15, 0.2) is 91.1 Å². The molecule has 33 heavy (non-hydrogen) atoms. The molecule has 0 saturated carbocycles. The number of carbonyl (C=O) groups is 1. The number of anilines is 1. The number of aryl methyl sites for hydroxylation is 1. The molecule has 1 aromatic heterocycles. The van der Waals surface area contributed by atoms with E-state index >= 15 is 0 Å².